The molecule has 0 heterocycles. The van der Waals surface area contributed by atoms with Crippen LogP contribution in [0.25, 0.3) is 11.1 Å². The molecule has 2 aromatic rings. The summed E-state index contributed by atoms with van der Waals surface area (Å²) in [6, 6.07) is 18.4. The van der Waals surface area contributed by atoms with E-state index in [1.54, 1.807) is 0 Å². The summed E-state index contributed by atoms with van der Waals surface area (Å²) >= 11 is 0. The summed E-state index contributed by atoms with van der Waals surface area (Å²) in [6.45, 7) is 10.2. The molecule has 0 atom stereocenters. The molecule has 0 aliphatic carbocycles. The van der Waals surface area contributed by atoms with Gasteiger partial charge in [0.2, 0.25) is 0 Å². The van der Waals surface area contributed by atoms with Gasteiger partial charge in [-0.05, 0) is 48.7 Å². The predicted molar refractivity (Wildman–Crippen MR) is 120 cm³/mol. The van der Waals surface area contributed by atoms with E-state index in [0.29, 0.717) is 12.2 Å². The zero-order valence-corrected chi connectivity index (χ0v) is 18.8. The molecule has 0 spiro atoms. The molecule has 0 aliphatic heterocycles. The third-order valence-electron chi connectivity index (χ3n) is 5.06. The van der Waals surface area contributed by atoms with Gasteiger partial charge in [0.05, 0.1) is 18.8 Å². The maximum absolute atomic E-state index is 11.7. The van der Waals surface area contributed by atoms with E-state index in [9.17, 15) is 4.79 Å². The molecule has 0 fully saturated rings. The molecule has 0 saturated carbocycles. The Bertz CT molecular complexity index is 721. The Morgan fingerprint density at radius 2 is 1.43 bits per heavy atom. The van der Waals surface area contributed by atoms with Gasteiger partial charge in [0.25, 0.3) is 0 Å². The summed E-state index contributed by atoms with van der Waals surface area (Å²) in [5, 5.41) is 0. The SMILES string of the molecule is CCCC[Si](C)(C)CCCOc1ccc(-c2ccc(C(=O)OCC)cc2)cc1. The van der Waals surface area contributed by atoms with Gasteiger partial charge >= 0.3 is 5.97 Å². The Labute approximate surface area is 171 Å². The van der Waals surface area contributed by atoms with Crippen molar-refractivity contribution in [3.05, 3.63) is 54.1 Å². The lowest BCUT2D eigenvalue weighted by Gasteiger charge is -2.22. The second-order valence-electron chi connectivity index (χ2n) is 8.04. The molecule has 0 N–H and O–H groups in total. The first-order chi connectivity index (χ1) is 13.4. The summed E-state index contributed by atoms with van der Waals surface area (Å²) in [4.78, 5) is 11.7. The Hall–Kier alpha value is -2.07. The molecule has 0 unspecified atom stereocenters. The van der Waals surface area contributed by atoms with Gasteiger partial charge in [0.1, 0.15) is 5.75 Å². The molecule has 2 aromatic carbocycles. The van der Waals surface area contributed by atoms with Crippen molar-refractivity contribution in [3.8, 4) is 16.9 Å². The average molecular weight is 399 g/mol. The largest absolute Gasteiger partial charge is 0.494 e. The Morgan fingerprint density at radius 3 is 2.00 bits per heavy atom. The van der Waals surface area contributed by atoms with E-state index in [2.05, 4.69) is 32.2 Å². The van der Waals surface area contributed by atoms with Crippen LogP contribution in [0.4, 0.5) is 0 Å². The molecule has 0 aromatic heterocycles. The van der Waals surface area contributed by atoms with Gasteiger partial charge in [0.15, 0.2) is 0 Å². The molecule has 0 aliphatic rings. The maximum Gasteiger partial charge on any atom is 0.338 e. The van der Waals surface area contributed by atoms with E-state index >= 15 is 0 Å². The van der Waals surface area contributed by atoms with E-state index in [1.165, 1.54) is 24.9 Å². The first-order valence-electron chi connectivity index (χ1n) is 10.5. The number of hydrogen-bond acceptors (Lipinski definition) is 3. The molecule has 4 heteroatoms. The molecule has 0 bridgehead atoms. The zero-order chi connectivity index (χ0) is 20.4. The maximum atomic E-state index is 11.7. The second kappa shape index (κ2) is 11.1. The lowest BCUT2D eigenvalue weighted by atomic mass is 10.0. The Kier molecular flexibility index (Phi) is 8.77. The lowest BCUT2D eigenvalue weighted by Crippen LogP contribution is -2.25. The number of ether oxygens (including phenoxy) is 2. The van der Waals surface area contributed by atoms with Crippen molar-refractivity contribution in [1.29, 1.82) is 0 Å². The number of carbonyl (C=O) groups is 1. The third kappa shape index (κ3) is 7.15. The van der Waals surface area contributed by atoms with Crippen LogP contribution in [-0.4, -0.2) is 27.3 Å². The lowest BCUT2D eigenvalue weighted by molar-refractivity contribution is 0.0526. The highest BCUT2D eigenvalue weighted by molar-refractivity contribution is 6.77. The fourth-order valence-corrected chi connectivity index (χ4v) is 5.94. The number of unbranched alkanes of at least 4 members (excludes halogenated alkanes) is 1. The highest BCUT2D eigenvalue weighted by atomic mass is 28.3. The standard InChI is InChI=1S/C24H34O3Si/c1-5-7-18-28(3,4)19-8-17-27-23-15-13-21(14-16-23)20-9-11-22(12-10-20)24(25)26-6-2/h9-16H,5-8,17-19H2,1-4H3. The highest BCUT2D eigenvalue weighted by Gasteiger charge is 2.18. The number of rotatable bonds is 11. The van der Waals surface area contributed by atoms with E-state index < -0.39 is 8.07 Å². The van der Waals surface area contributed by atoms with Gasteiger partial charge in [-0.3, -0.25) is 0 Å². The van der Waals surface area contributed by atoms with Crippen LogP contribution in [0.5, 0.6) is 5.75 Å². The number of carbonyl (C=O) groups excluding carboxylic acids is 1. The normalized spacial score (nSPS) is 11.3. The average Bonchev–Trinajstić information content (AvgIpc) is 2.70. The van der Waals surface area contributed by atoms with Crippen LogP contribution in [0.3, 0.4) is 0 Å². The van der Waals surface area contributed by atoms with Crippen molar-refractivity contribution in [3.63, 3.8) is 0 Å². The molecular weight excluding hydrogens is 364 g/mol. The summed E-state index contributed by atoms with van der Waals surface area (Å²) in [5.41, 5.74) is 2.76. The predicted octanol–water partition coefficient (Wildman–Crippen LogP) is 6.81. The van der Waals surface area contributed by atoms with Crippen LogP contribution in [0.15, 0.2) is 48.5 Å². The first kappa shape index (κ1) is 22.2. The summed E-state index contributed by atoms with van der Waals surface area (Å²) in [6.07, 6.45) is 3.80. The van der Waals surface area contributed by atoms with Crippen molar-refractivity contribution < 1.29 is 14.3 Å². The first-order valence-corrected chi connectivity index (χ1v) is 13.9. The van der Waals surface area contributed by atoms with Crippen molar-refractivity contribution in [1.82, 2.24) is 0 Å². The summed E-state index contributed by atoms with van der Waals surface area (Å²) in [5.74, 6) is 0.638. The number of esters is 1. The molecule has 152 valence electrons. The van der Waals surface area contributed by atoms with Crippen molar-refractivity contribution in [2.45, 2.75) is 58.3 Å². The zero-order valence-electron chi connectivity index (χ0n) is 17.8. The van der Waals surface area contributed by atoms with Crippen molar-refractivity contribution in [2.75, 3.05) is 13.2 Å². The van der Waals surface area contributed by atoms with Crippen LogP contribution in [0.2, 0.25) is 25.2 Å². The van der Waals surface area contributed by atoms with Crippen molar-refractivity contribution in [2.24, 2.45) is 0 Å². The van der Waals surface area contributed by atoms with Crippen LogP contribution in [-0.2, 0) is 4.74 Å². The Morgan fingerprint density at radius 1 is 0.857 bits per heavy atom. The molecular formula is C24H34O3Si. The third-order valence-corrected chi connectivity index (χ3v) is 8.47. The minimum Gasteiger partial charge on any atom is -0.494 e. The van der Waals surface area contributed by atoms with Gasteiger partial charge in [-0.2, -0.15) is 0 Å². The van der Waals surface area contributed by atoms with E-state index in [-0.39, 0.29) is 5.97 Å². The van der Waals surface area contributed by atoms with Gasteiger partial charge in [0, 0.05) is 8.07 Å². The monoisotopic (exact) mass is 398 g/mol. The number of hydrogen-bond donors (Lipinski definition) is 0. The van der Waals surface area contributed by atoms with Gasteiger partial charge < -0.3 is 9.47 Å². The van der Waals surface area contributed by atoms with Crippen LogP contribution < -0.4 is 4.74 Å². The molecule has 28 heavy (non-hydrogen) atoms. The van der Waals surface area contributed by atoms with Crippen LogP contribution in [0, 0.1) is 0 Å². The smallest absolute Gasteiger partial charge is 0.338 e. The molecule has 0 amide bonds. The number of benzene rings is 2. The second-order valence-corrected chi connectivity index (χ2v) is 13.4. The van der Waals surface area contributed by atoms with E-state index in [4.69, 9.17) is 9.47 Å². The topological polar surface area (TPSA) is 35.5 Å². The van der Waals surface area contributed by atoms with Crippen molar-refractivity contribution >= 4 is 14.0 Å². The minimum atomic E-state index is -1.05. The molecule has 3 nitrogen and oxygen atoms in total. The van der Waals surface area contributed by atoms with Gasteiger partial charge in [-0.25, -0.2) is 4.79 Å². The molecule has 0 radical (unpaired) electrons. The van der Waals surface area contributed by atoms with Crippen LogP contribution >= 0.6 is 0 Å². The van der Waals surface area contributed by atoms with E-state index in [1.807, 2.05) is 43.3 Å². The molecule has 0 saturated heterocycles. The van der Waals surface area contributed by atoms with Gasteiger partial charge in [-0.1, -0.05) is 69.2 Å². The summed E-state index contributed by atoms with van der Waals surface area (Å²) < 4.78 is 11.0. The van der Waals surface area contributed by atoms with Crippen LogP contribution in [0.1, 0.15) is 43.5 Å². The summed E-state index contributed by atoms with van der Waals surface area (Å²) in [7, 11) is -1.05. The highest BCUT2D eigenvalue weighted by Crippen LogP contribution is 2.24. The Balaban J connectivity index is 1.84. The fraction of sp³-hybridized carbons (Fsp3) is 0.458. The molecule has 2 rings (SSSR count). The van der Waals surface area contributed by atoms with E-state index in [0.717, 1.165) is 29.9 Å². The quantitative estimate of drug-likeness (QED) is 0.237. The fourth-order valence-electron chi connectivity index (χ4n) is 3.28. The minimum absolute atomic E-state index is 0.279. The van der Waals surface area contributed by atoms with Gasteiger partial charge in [-0.15, -0.1) is 0 Å².